The molecule has 146 valence electrons. The van der Waals surface area contributed by atoms with Gasteiger partial charge in [-0.05, 0) is 76.8 Å². The number of aryl methyl sites for hydroxylation is 2. The molecule has 0 radical (unpaired) electrons. The van der Waals surface area contributed by atoms with Gasteiger partial charge in [0.05, 0.1) is 12.3 Å². The van der Waals surface area contributed by atoms with Crippen LogP contribution in [0.1, 0.15) is 44.2 Å². The Kier molecular flexibility index (Phi) is 11.2. The van der Waals surface area contributed by atoms with Gasteiger partial charge >= 0.3 is 0 Å². The maximum Gasteiger partial charge on any atom is 0.125 e. The summed E-state index contributed by atoms with van der Waals surface area (Å²) in [4.78, 5) is 4.73. The normalized spacial score (nSPS) is 11.8. The van der Waals surface area contributed by atoms with Gasteiger partial charge in [-0.15, -0.1) is 0 Å². The third-order valence-electron chi connectivity index (χ3n) is 3.89. The number of rotatable bonds is 13. The number of nitrogens with one attached hydrogen (secondary N) is 1. The molecule has 26 heavy (non-hydrogen) atoms. The van der Waals surface area contributed by atoms with Gasteiger partial charge in [0.25, 0.3) is 0 Å². The highest BCUT2D eigenvalue weighted by Gasteiger charge is 2.07. The summed E-state index contributed by atoms with van der Waals surface area (Å²) in [6, 6.07) is 4.08. The maximum atomic E-state index is 6.00. The molecular formula is C21H34N2O3. The molecule has 0 bridgehead atoms. The van der Waals surface area contributed by atoms with E-state index in [0.717, 1.165) is 67.3 Å². The van der Waals surface area contributed by atoms with Crippen molar-refractivity contribution in [1.29, 1.82) is 0 Å². The molecule has 0 aliphatic heterocycles. The van der Waals surface area contributed by atoms with E-state index in [9.17, 15) is 0 Å². The van der Waals surface area contributed by atoms with Gasteiger partial charge in [-0.1, -0.05) is 17.3 Å². The predicted octanol–water partition coefficient (Wildman–Crippen LogP) is 4.42. The number of unbranched alkanes of at least 4 members (excludes halogenated alkanes) is 2. The van der Waals surface area contributed by atoms with E-state index in [1.165, 1.54) is 0 Å². The van der Waals surface area contributed by atoms with Crippen LogP contribution in [0.25, 0.3) is 0 Å². The van der Waals surface area contributed by atoms with E-state index in [1.54, 1.807) is 7.11 Å². The molecule has 0 spiro atoms. The molecule has 0 aliphatic carbocycles. The Bertz CT molecular complexity index is 560. The molecule has 0 fully saturated rings. The van der Waals surface area contributed by atoms with Gasteiger partial charge in [-0.25, -0.2) is 0 Å². The van der Waals surface area contributed by atoms with Crippen LogP contribution in [-0.2, 0) is 4.84 Å². The Morgan fingerprint density at radius 2 is 1.85 bits per heavy atom. The highest BCUT2D eigenvalue weighted by Crippen LogP contribution is 2.28. The summed E-state index contributed by atoms with van der Waals surface area (Å²) in [5.74, 6) is 1.87. The van der Waals surface area contributed by atoms with Crippen LogP contribution >= 0.6 is 0 Å². The monoisotopic (exact) mass is 362 g/mol. The zero-order valence-electron chi connectivity index (χ0n) is 16.9. The van der Waals surface area contributed by atoms with Crippen LogP contribution in [-0.4, -0.2) is 39.1 Å². The van der Waals surface area contributed by atoms with E-state index in [-0.39, 0.29) is 0 Å². The van der Waals surface area contributed by atoms with Crippen LogP contribution in [0.15, 0.2) is 29.4 Å². The smallest absolute Gasteiger partial charge is 0.125 e. The molecule has 0 amide bonds. The lowest BCUT2D eigenvalue weighted by molar-refractivity contribution is 0.212. The Morgan fingerprint density at radius 3 is 2.50 bits per heavy atom. The second-order valence-electron chi connectivity index (χ2n) is 6.36. The fourth-order valence-corrected chi connectivity index (χ4v) is 2.62. The van der Waals surface area contributed by atoms with Crippen LogP contribution in [0.4, 0.5) is 0 Å². The highest BCUT2D eigenvalue weighted by atomic mass is 16.6. The van der Waals surface area contributed by atoms with Crippen molar-refractivity contribution < 1.29 is 14.3 Å². The summed E-state index contributed by atoms with van der Waals surface area (Å²) in [6.45, 7) is 11.2. The van der Waals surface area contributed by atoms with Crippen LogP contribution in [0.2, 0.25) is 0 Å². The molecule has 0 atom stereocenters. The Labute approximate surface area is 158 Å². The van der Waals surface area contributed by atoms with Crippen molar-refractivity contribution in [2.45, 2.75) is 47.0 Å². The lowest BCUT2D eigenvalue weighted by atomic mass is 10.1. The molecule has 0 aliphatic rings. The van der Waals surface area contributed by atoms with Crippen molar-refractivity contribution >= 4 is 5.71 Å². The molecule has 1 N–H and O–H groups in total. The first-order chi connectivity index (χ1) is 12.6. The molecule has 1 aromatic carbocycles. The minimum absolute atomic E-state index is 0.598. The van der Waals surface area contributed by atoms with E-state index in [2.05, 4.69) is 24.3 Å². The molecule has 0 aromatic heterocycles. The third-order valence-corrected chi connectivity index (χ3v) is 3.89. The molecule has 5 nitrogen and oxygen atoms in total. The zero-order chi connectivity index (χ0) is 19.2. The summed E-state index contributed by atoms with van der Waals surface area (Å²) >= 11 is 0. The van der Waals surface area contributed by atoms with E-state index in [1.807, 2.05) is 38.1 Å². The molecule has 1 aromatic rings. The lowest BCUT2D eigenvalue weighted by Gasteiger charge is -2.14. The summed E-state index contributed by atoms with van der Waals surface area (Å²) in [6.07, 6.45) is 7.29. The summed E-state index contributed by atoms with van der Waals surface area (Å²) in [5, 5.41) is 7.22. The van der Waals surface area contributed by atoms with Gasteiger partial charge < -0.3 is 19.6 Å². The average molecular weight is 363 g/mol. The Hall–Kier alpha value is -2.01. The van der Waals surface area contributed by atoms with Crippen LogP contribution in [0.3, 0.4) is 0 Å². The number of ether oxygens (including phenoxy) is 2. The maximum absolute atomic E-state index is 6.00. The van der Waals surface area contributed by atoms with Gasteiger partial charge in [0.15, 0.2) is 0 Å². The SMILES string of the molecule is C/C=C/COc1cc(C)c(OCCCCCNCC(C)=NOC)c(C)c1. The minimum Gasteiger partial charge on any atom is -0.493 e. The number of hydrogen-bond acceptors (Lipinski definition) is 5. The van der Waals surface area contributed by atoms with Crippen molar-refractivity contribution in [2.75, 3.05) is 33.4 Å². The largest absolute Gasteiger partial charge is 0.493 e. The number of hydrogen-bond donors (Lipinski definition) is 1. The molecule has 0 saturated heterocycles. The van der Waals surface area contributed by atoms with Gasteiger partial charge in [-0.3, -0.25) is 0 Å². The molecule has 0 saturated carbocycles. The Morgan fingerprint density at radius 1 is 1.12 bits per heavy atom. The molecule has 5 heteroatoms. The standard InChI is InChI=1S/C21H34N2O3/c1-6-7-12-25-20-14-17(2)21(18(3)15-20)26-13-10-8-9-11-22-16-19(4)23-24-5/h6-7,14-15,22H,8-13,16H2,1-5H3/b7-6+,23-19?. The number of nitrogens with zero attached hydrogens (tertiary/aromatic N) is 1. The number of oxime groups is 1. The summed E-state index contributed by atoms with van der Waals surface area (Å²) in [5.41, 5.74) is 3.20. The minimum atomic E-state index is 0.598. The third kappa shape index (κ3) is 8.90. The van der Waals surface area contributed by atoms with Gasteiger partial charge in [0.2, 0.25) is 0 Å². The van der Waals surface area contributed by atoms with Crippen molar-refractivity contribution in [2.24, 2.45) is 5.16 Å². The Balaban J connectivity index is 2.25. The first-order valence-corrected chi connectivity index (χ1v) is 9.33. The highest BCUT2D eigenvalue weighted by molar-refractivity contribution is 5.83. The van der Waals surface area contributed by atoms with Gasteiger partial charge in [0.1, 0.15) is 25.2 Å². The van der Waals surface area contributed by atoms with Crippen molar-refractivity contribution in [3.8, 4) is 11.5 Å². The average Bonchev–Trinajstić information content (AvgIpc) is 2.59. The van der Waals surface area contributed by atoms with Crippen molar-refractivity contribution in [3.63, 3.8) is 0 Å². The van der Waals surface area contributed by atoms with E-state index in [4.69, 9.17) is 14.3 Å². The predicted molar refractivity (Wildman–Crippen MR) is 109 cm³/mol. The first kappa shape index (κ1) is 22.0. The number of benzene rings is 1. The fraction of sp³-hybridized carbons (Fsp3) is 0.571. The quantitative estimate of drug-likeness (QED) is 0.244. The zero-order valence-corrected chi connectivity index (χ0v) is 16.9. The van der Waals surface area contributed by atoms with Crippen molar-refractivity contribution in [1.82, 2.24) is 5.32 Å². The van der Waals surface area contributed by atoms with E-state index in [0.29, 0.717) is 6.61 Å². The molecule has 0 unspecified atom stereocenters. The lowest BCUT2D eigenvalue weighted by Crippen LogP contribution is -2.22. The van der Waals surface area contributed by atoms with Crippen LogP contribution in [0, 0.1) is 13.8 Å². The van der Waals surface area contributed by atoms with E-state index >= 15 is 0 Å². The second-order valence-corrected chi connectivity index (χ2v) is 6.36. The van der Waals surface area contributed by atoms with Crippen LogP contribution < -0.4 is 14.8 Å². The first-order valence-electron chi connectivity index (χ1n) is 9.33. The molecule has 1 rings (SSSR count). The second kappa shape index (κ2) is 13.2. The summed E-state index contributed by atoms with van der Waals surface area (Å²) < 4.78 is 11.7. The van der Waals surface area contributed by atoms with Crippen LogP contribution in [0.5, 0.6) is 11.5 Å². The fourth-order valence-electron chi connectivity index (χ4n) is 2.62. The molecule has 0 heterocycles. The number of allylic oxidation sites excluding steroid dienone is 1. The van der Waals surface area contributed by atoms with Gasteiger partial charge in [-0.2, -0.15) is 0 Å². The van der Waals surface area contributed by atoms with E-state index < -0.39 is 0 Å². The van der Waals surface area contributed by atoms with Crippen molar-refractivity contribution in [3.05, 3.63) is 35.4 Å². The molecular weight excluding hydrogens is 328 g/mol. The topological polar surface area (TPSA) is 52.1 Å². The van der Waals surface area contributed by atoms with Gasteiger partial charge in [0, 0.05) is 6.54 Å². The summed E-state index contributed by atoms with van der Waals surface area (Å²) in [7, 11) is 1.57.